The zero-order chi connectivity index (χ0) is 13.1. The molecule has 2 heterocycles. The van der Waals surface area contributed by atoms with Crippen LogP contribution in [-0.2, 0) is 12.8 Å². The lowest BCUT2D eigenvalue weighted by Crippen LogP contribution is -2.08. The Hall–Kier alpha value is -1.96. The lowest BCUT2D eigenvalue weighted by atomic mass is 10.1. The number of rotatable bonds is 0. The molecular weight excluding hydrogens is 232 g/mol. The molecule has 0 amide bonds. The smallest absolute Gasteiger partial charge is 0.0375 e. The Morgan fingerprint density at radius 2 is 1.58 bits per heavy atom. The maximum Gasteiger partial charge on any atom is 0.0375 e. The number of nitrogens with one attached hydrogen (secondary N) is 2. The summed E-state index contributed by atoms with van der Waals surface area (Å²) < 4.78 is 0. The van der Waals surface area contributed by atoms with E-state index in [2.05, 4.69) is 66.1 Å². The highest BCUT2D eigenvalue weighted by atomic mass is 14.9. The first kappa shape index (κ1) is 12.1. The summed E-state index contributed by atoms with van der Waals surface area (Å²) in [6.45, 7) is 3.32. The van der Waals surface area contributed by atoms with E-state index in [4.69, 9.17) is 0 Å². The molecule has 2 N–H and O–H groups in total. The molecule has 0 saturated heterocycles. The van der Waals surface area contributed by atoms with Crippen molar-refractivity contribution >= 4 is 11.4 Å². The normalized spacial score (nSPS) is 18.5. The molecule has 2 aromatic rings. The van der Waals surface area contributed by atoms with Crippen LogP contribution in [0.5, 0.6) is 0 Å². The number of hydrogen-bond donors (Lipinski definition) is 2. The molecule has 0 bridgehead atoms. The van der Waals surface area contributed by atoms with Crippen LogP contribution >= 0.6 is 0 Å². The molecule has 2 aliphatic heterocycles. The van der Waals surface area contributed by atoms with Gasteiger partial charge in [0, 0.05) is 24.0 Å². The van der Waals surface area contributed by atoms with E-state index in [0.717, 1.165) is 6.54 Å². The first-order chi connectivity index (χ1) is 9.33. The van der Waals surface area contributed by atoms with Gasteiger partial charge in [0.1, 0.15) is 0 Å². The second-order valence-corrected chi connectivity index (χ2v) is 5.24. The van der Waals surface area contributed by atoms with Gasteiger partial charge in [-0.05, 0) is 43.0 Å². The number of anilines is 2. The second kappa shape index (κ2) is 5.35. The summed E-state index contributed by atoms with van der Waals surface area (Å²) in [7, 11) is 0. The number of benzene rings is 2. The van der Waals surface area contributed by atoms with Crippen molar-refractivity contribution in [3.8, 4) is 0 Å². The molecule has 1 atom stereocenters. The van der Waals surface area contributed by atoms with Crippen molar-refractivity contribution in [3.05, 3.63) is 59.7 Å². The predicted octanol–water partition coefficient (Wildman–Crippen LogP) is 3.70. The van der Waals surface area contributed by atoms with E-state index < -0.39 is 0 Å². The highest BCUT2D eigenvalue weighted by Gasteiger charge is 2.14. The number of hydrogen-bond acceptors (Lipinski definition) is 2. The summed E-state index contributed by atoms with van der Waals surface area (Å²) in [6.07, 6.45) is 2.37. The van der Waals surface area contributed by atoms with Crippen molar-refractivity contribution < 1.29 is 0 Å². The molecule has 2 aliphatic rings. The van der Waals surface area contributed by atoms with Crippen LogP contribution in [0.1, 0.15) is 18.1 Å². The van der Waals surface area contributed by atoms with Gasteiger partial charge in [-0.2, -0.15) is 0 Å². The molecule has 98 valence electrons. The van der Waals surface area contributed by atoms with Gasteiger partial charge in [-0.3, -0.25) is 0 Å². The van der Waals surface area contributed by atoms with Gasteiger partial charge in [0.2, 0.25) is 0 Å². The van der Waals surface area contributed by atoms with Crippen LogP contribution in [0.2, 0.25) is 0 Å². The summed E-state index contributed by atoms with van der Waals surface area (Å²) in [5, 5.41) is 6.70. The van der Waals surface area contributed by atoms with E-state index in [1.54, 1.807) is 0 Å². The predicted molar refractivity (Wildman–Crippen MR) is 81.9 cm³/mol. The Morgan fingerprint density at radius 1 is 0.895 bits per heavy atom. The minimum absolute atomic E-state index is 0.623. The third kappa shape index (κ3) is 2.73. The molecule has 2 aromatic carbocycles. The molecule has 0 saturated carbocycles. The summed E-state index contributed by atoms with van der Waals surface area (Å²) in [4.78, 5) is 0. The summed E-state index contributed by atoms with van der Waals surface area (Å²) >= 11 is 0. The quantitative estimate of drug-likeness (QED) is 0.747. The molecule has 1 unspecified atom stereocenters. The Morgan fingerprint density at radius 3 is 2.32 bits per heavy atom. The fourth-order valence-corrected chi connectivity index (χ4v) is 2.73. The van der Waals surface area contributed by atoms with Crippen molar-refractivity contribution in [3.63, 3.8) is 0 Å². The van der Waals surface area contributed by atoms with Gasteiger partial charge in [-0.25, -0.2) is 0 Å². The first-order valence-electron chi connectivity index (χ1n) is 6.99. The monoisotopic (exact) mass is 252 g/mol. The van der Waals surface area contributed by atoms with Crippen LogP contribution in [0.4, 0.5) is 11.4 Å². The Labute approximate surface area is 114 Å². The van der Waals surface area contributed by atoms with Gasteiger partial charge in [0.05, 0.1) is 0 Å². The van der Waals surface area contributed by atoms with Crippen LogP contribution in [0.25, 0.3) is 0 Å². The summed E-state index contributed by atoms with van der Waals surface area (Å²) in [6, 6.07) is 17.6. The number of fused-ring (bicyclic) bond motifs is 2. The van der Waals surface area contributed by atoms with E-state index >= 15 is 0 Å². The molecule has 2 nitrogen and oxygen atoms in total. The molecule has 4 rings (SSSR count). The Balaban J connectivity index is 0.000000117. The minimum Gasteiger partial charge on any atom is -0.384 e. The highest BCUT2D eigenvalue weighted by Crippen LogP contribution is 2.24. The molecule has 0 aliphatic carbocycles. The summed E-state index contributed by atoms with van der Waals surface area (Å²) in [5.41, 5.74) is 5.54. The zero-order valence-corrected chi connectivity index (χ0v) is 11.3. The third-order valence-corrected chi connectivity index (χ3v) is 3.67. The van der Waals surface area contributed by atoms with Gasteiger partial charge >= 0.3 is 0 Å². The largest absolute Gasteiger partial charge is 0.384 e. The zero-order valence-electron chi connectivity index (χ0n) is 11.3. The minimum atomic E-state index is 0.623. The lowest BCUT2D eigenvalue weighted by Gasteiger charge is -2.00. The SMILES string of the molecule is CC1Cc2ccccc2N1.c1ccc2c(c1)CCN2. The molecule has 0 fully saturated rings. The Bertz CT molecular complexity index is 515. The first-order valence-corrected chi connectivity index (χ1v) is 6.99. The Kier molecular flexibility index (Phi) is 3.41. The van der Waals surface area contributed by atoms with Gasteiger partial charge in [-0.1, -0.05) is 36.4 Å². The van der Waals surface area contributed by atoms with E-state index in [9.17, 15) is 0 Å². The summed E-state index contributed by atoms with van der Waals surface area (Å²) in [5.74, 6) is 0. The molecule has 0 spiro atoms. The van der Waals surface area contributed by atoms with Crippen LogP contribution < -0.4 is 10.6 Å². The average Bonchev–Trinajstić information content (AvgIpc) is 3.03. The molecule has 0 radical (unpaired) electrons. The van der Waals surface area contributed by atoms with Crippen molar-refractivity contribution in [2.24, 2.45) is 0 Å². The van der Waals surface area contributed by atoms with Crippen molar-refractivity contribution in [2.75, 3.05) is 17.2 Å². The van der Waals surface area contributed by atoms with Crippen molar-refractivity contribution in [1.82, 2.24) is 0 Å². The van der Waals surface area contributed by atoms with Crippen LogP contribution in [0.3, 0.4) is 0 Å². The standard InChI is InChI=1S/C9H11N.C8H9N/c1-7-6-8-4-2-3-5-9(8)10-7;1-2-4-8-7(3-1)5-6-9-8/h2-5,7,10H,6H2,1H3;1-4,9H,5-6H2. The molecule has 0 aromatic heterocycles. The topological polar surface area (TPSA) is 24.1 Å². The lowest BCUT2D eigenvalue weighted by molar-refractivity contribution is 0.839. The van der Waals surface area contributed by atoms with E-state index in [0.29, 0.717) is 6.04 Å². The third-order valence-electron chi connectivity index (χ3n) is 3.67. The van der Waals surface area contributed by atoms with E-state index in [1.807, 2.05) is 0 Å². The average molecular weight is 252 g/mol. The highest BCUT2D eigenvalue weighted by molar-refractivity contribution is 5.56. The second-order valence-electron chi connectivity index (χ2n) is 5.24. The van der Waals surface area contributed by atoms with Crippen LogP contribution in [-0.4, -0.2) is 12.6 Å². The van der Waals surface area contributed by atoms with Crippen LogP contribution in [0, 0.1) is 0 Å². The van der Waals surface area contributed by atoms with Crippen molar-refractivity contribution in [2.45, 2.75) is 25.8 Å². The van der Waals surface area contributed by atoms with Gasteiger partial charge in [-0.15, -0.1) is 0 Å². The van der Waals surface area contributed by atoms with Crippen LogP contribution in [0.15, 0.2) is 48.5 Å². The van der Waals surface area contributed by atoms with E-state index in [1.165, 1.54) is 35.3 Å². The van der Waals surface area contributed by atoms with Gasteiger partial charge < -0.3 is 10.6 Å². The maximum atomic E-state index is 3.40. The fourth-order valence-electron chi connectivity index (χ4n) is 2.73. The van der Waals surface area contributed by atoms with Gasteiger partial charge in [0.25, 0.3) is 0 Å². The van der Waals surface area contributed by atoms with Crippen molar-refractivity contribution in [1.29, 1.82) is 0 Å². The maximum absolute atomic E-state index is 3.40. The molecule has 19 heavy (non-hydrogen) atoms. The number of para-hydroxylation sites is 2. The fraction of sp³-hybridized carbons (Fsp3) is 0.294. The molecule has 2 heteroatoms. The van der Waals surface area contributed by atoms with E-state index in [-0.39, 0.29) is 0 Å². The van der Waals surface area contributed by atoms with Gasteiger partial charge in [0.15, 0.2) is 0 Å². The molecular formula is C17H20N2.